The summed E-state index contributed by atoms with van der Waals surface area (Å²) in [6.07, 6.45) is 1.46. The molecule has 0 radical (unpaired) electrons. The predicted molar refractivity (Wildman–Crippen MR) is 45.0 cm³/mol. The SMILES string of the molecule is C=CNc1c(C)cccc1F. The molecule has 1 aromatic carbocycles. The summed E-state index contributed by atoms with van der Waals surface area (Å²) in [5.74, 6) is -0.245. The van der Waals surface area contributed by atoms with Gasteiger partial charge in [0.2, 0.25) is 0 Å². The topological polar surface area (TPSA) is 12.0 Å². The summed E-state index contributed by atoms with van der Waals surface area (Å²) in [4.78, 5) is 0. The van der Waals surface area contributed by atoms with Gasteiger partial charge in [0, 0.05) is 0 Å². The minimum absolute atomic E-state index is 0.245. The zero-order valence-electron chi connectivity index (χ0n) is 6.39. The van der Waals surface area contributed by atoms with E-state index in [1.807, 2.05) is 13.0 Å². The fourth-order valence-corrected chi connectivity index (χ4v) is 0.917. The summed E-state index contributed by atoms with van der Waals surface area (Å²) < 4.78 is 12.9. The number of nitrogens with one attached hydrogen (secondary N) is 1. The zero-order chi connectivity index (χ0) is 8.27. The van der Waals surface area contributed by atoms with Crippen LogP contribution >= 0.6 is 0 Å². The van der Waals surface area contributed by atoms with Gasteiger partial charge in [0.25, 0.3) is 0 Å². The van der Waals surface area contributed by atoms with Crippen molar-refractivity contribution in [2.45, 2.75) is 6.92 Å². The summed E-state index contributed by atoms with van der Waals surface area (Å²) in [6, 6.07) is 4.94. The fourth-order valence-electron chi connectivity index (χ4n) is 0.917. The van der Waals surface area contributed by atoms with Gasteiger partial charge in [-0.15, -0.1) is 0 Å². The molecule has 0 aliphatic heterocycles. The van der Waals surface area contributed by atoms with E-state index in [9.17, 15) is 4.39 Å². The van der Waals surface area contributed by atoms with E-state index in [-0.39, 0.29) is 5.82 Å². The Morgan fingerprint density at radius 3 is 2.82 bits per heavy atom. The van der Waals surface area contributed by atoms with Gasteiger partial charge in [0.15, 0.2) is 0 Å². The first-order chi connectivity index (χ1) is 5.25. The van der Waals surface area contributed by atoms with Crippen molar-refractivity contribution in [3.05, 3.63) is 42.4 Å². The second-order valence-electron chi connectivity index (χ2n) is 2.28. The van der Waals surface area contributed by atoms with Crippen molar-refractivity contribution in [2.24, 2.45) is 0 Å². The highest BCUT2D eigenvalue weighted by Gasteiger charge is 2.00. The lowest BCUT2D eigenvalue weighted by Gasteiger charge is -2.04. The largest absolute Gasteiger partial charge is 0.360 e. The molecule has 0 spiro atoms. The van der Waals surface area contributed by atoms with Crippen LogP contribution in [-0.4, -0.2) is 0 Å². The summed E-state index contributed by atoms with van der Waals surface area (Å²) in [6.45, 7) is 5.30. The van der Waals surface area contributed by atoms with Crippen LogP contribution in [0.5, 0.6) is 0 Å². The Hall–Kier alpha value is -1.31. The van der Waals surface area contributed by atoms with Gasteiger partial charge >= 0.3 is 0 Å². The molecule has 0 saturated heterocycles. The number of rotatable bonds is 2. The predicted octanol–water partition coefficient (Wildman–Crippen LogP) is 2.69. The molecule has 0 aliphatic rings. The molecule has 0 fully saturated rings. The molecule has 0 unspecified atom stereocenters. The van der Waals surface area contributed by atoms with Crippen LogP contribution in [0, 0.1) is 12.7 Å². The fraction of sp³-hybridized carbons (Fsp3) is 0.111. The molecule has 58 valence electrons. The van der Waals surface area contributed by atoms with Gasteiger partial charge in [-0.2, -0.15) is 0 Å². The minimum atomic E-state index is -0.245. The minimum Gasteiger partial charge on any atom is -0.360 e. The van der Waals surface area contributed by atoms with Crippen molar-refractivity contribution in [1.82, 2.24) is 0 Å². The van der Waals surface area contributed by atoms with Gasteiger partial charge in [-0.3, -0.25) is 0 Å². The Bertz CT molecular complexity index is 248. The van der Waals surface area contributed by atoms with Crippen molar-refractivity contribution in [3.8, 4) is 0 Å². The second kappa shape index (κ2) is 3.19. The maximum atomic E-state index is 12.9. The number of hydrogen-bond donors (Lipinski definition) is 1. The maximum Gasteiger partial charge on any atom is 0.146 e. The highest BCUT2D eigenvalue weighted by molar-refractivity contribution is 5.53. The zero-order valence-corrected chi connectivity index (χ0v) is 6.39. The quantitative estimate of drug-likeness (QED) is 0.685. The number of anilines is 1. The molecule has 2 heteroatoms. The van der Waals surface area contributed by atoms with E-state index in [0.717, 1.165) is 5.56 Å². The van der Waals surface area contributed by atoms with E-state index in [1.54, 1.807) is 6.07 Å². The van der Waals surface area contributed by atoms with Crippen LogP contribution in [0.3, 0.4) is 0 Å². The first kappa shape index (κ1) is 7.79. The molecule has 0 saturated carbocycles. The average Bonchev–Trinajstić information content (AvgIpc) is 1.97. The molecule has 1 aromatic rings. The summed E-state index contributed by atoms with van der Waals surface area (Å²) in [5.41, 5.74) is 1.38. The van der Waals surface area contributed by atoms with Crippen molar-refractivity contribution >= 4 is 5.69 Å². The molecule has 0 aliphatic carbocycles. The van der Waals surface area contributed by atoms with E-state index >= 15 is 0 Å². The van der Waals surface area contributed by atoms with Crippen molar-refractivity contribution in [2.75, 3.05) is 5.32 Å². The average molecular weight is 151 g/mol. The smallest absolute Gasteiger partial charge is 0.146 e. The first-order valence-corrected chi connectivity index (χ1v) is 3.38. The van der Waals surface area contributed by atoms with Gasteiger partial charge < -0.3 is 5.32 Å². The Morgan fingerprint density at radius 2 is 2.27 bits per heavy atom. The van der Waals surface area contributed by atoms with Crippen LogP contribution < -0.4 is 5.32 Å². The van der Waals surface area contributed by atoms with Crippen LogP contribution in [0.15, 0.2) is 31.0 Å². The first-order valence-electron chi connectivity index (χ1n) is 3.38. The molecule has 0 aromatic heterocycles. The summed E-state index contributed by atoms with van der Waals surface area (Å²) >= 11 is 0. The summed E-state index contributed by atoms with van der Waals surface area (Å²) in [5, 5.41) is 2.73. The van der Waals surface area contributed by atoms with Crippen LogP contribution in [0.25, 0.3) is 0 Å². The molecule has 11 heavy (non-hydrogen) atoms. The van der Waals surface area contributed by atoms with Crippen LogP contribution in [0.4, 0.5) is 10.1 Å². The normalized spacial score (nSPS) is 9.27. The number of halogens is 1. The van der Waals surface area contributed by atoms with E-state index in [0.29, 0.717) is 5.69 Å². The number of hydrogen-bond acceptors (Lipinski definition) is 1. The van der Waals surface area contributed by atoms with Crippen LogP contribution in [0.1, 0.15) is 5.56 Å². The molecule has 0 amide bonds. The highest BCUT2D eigenvalue weighted by atomic mass is 19.1. The van der Waals surface area contributed by atoms with Gasteiger partial charge in [-0.25, -0.2) is 4.39 Å². The number of para-hydroxylation sites is 1. The van der Waals surface area contributed by atoms with Crippen LogP contribution in [-0.2, 0) is 0 Å². The Kier molecular flexibility index (Phi) is 2.26. The Morgan fingerprint density at radius 1 is 1.55 bits per heavy atom. The molecule has 0 heterocycles. The monoisotopic (exact) mass is 151 g/mol. The lowest BCUT2D eigenvalue weighted by molar-refractivity contribution is 0.631. The third-order valence-corrected chi connectivity index (χ3v) is 1.47. The van der Waals surface area contributed by atoms with Crippen molar-refractivity contribution in [3.63, 3.8) is 0 Å². The molecule has 0 bridgehead atoms. The Balaban J connectivity index is 3.09. The lowest BCUT2D eigenvalue weighted by atomic mass is 10.2. The second-order valence-corrected chi connectivity index (χ2v) is 2.28. The third kappa shape index (κ3) is 1.58. The molecular weight excluding hydrogens is 141 g/mol. The van der Waals surface area contributed by atoms with E-state index < -0.39 is 0 Å². The third-order valence-electron chi connectivity index (χ3n) is 1.47. The van der Waals surface area contributed by atoms with Crippen molar-refractivity contribution in [1.29, 1.82) is 0 Å². The van der Waals surface area contributed by atoms with E-state index in [4.69, 9.17) is 0 Å². The molecule has 1 rings (SSSR count). The number of benzene rings is 1. The van der Waals surface area contributed by atoms with Crippen molar-refractivity contribution < 1.29 is 4.39 Å². The molecule has 1 N–H and O–H groups in total. The molecule has 0 atom stereocenters. The van der Waals surface area contributed by atoms with E-state index in [1.165, 1.54) is 12.3 Å². The number of aryl methyl sites for hydroxylation is 1. The maximum absolute atomic E-state index is 12.9. The van der Waals surface area contributed by atoms with Gasteiger partial charge in [0.1, 0.15) is 5.82 Å². The summed E-state index contributed by atoms with van der Waals surface area (Å²) in [7, 11) is 0. The van der Waals surface area contributed by atoms with Gasteiger partial charge in [0.05, 0.1) is 5.69 Å². The lowest BCUT2D eigenvalue weighted by Crippen LogP contribution is -1.93. The molecular formula is C9H10FN. The Labute approximate surface area is 65.6 Å². The van der Waals surface area contributed by atoms with Crippen LogP contribution in [0.2, 0.25) is 0 Å². The molecule has 1 nitrogen and oxygen atoms in total. The highest BCUT2D eigenvalue weighted by Crippen LogP contribution is 2.17. The van der Waals surface area contributed by atoms with E-state index in [2.05, 4.69) is 11.9 Å². The standard InChI is InChI=1S/C9H10FN/c1-3-11-9-7(2)5-4-6-8(9)10/h3-6,11H,1H2,2H3. The van der Waals surface area contributed by atoms with Gasteiger partial charge in [-0.1, -0.05) is 18.7 Å². The van der Waals surface area contributed by atoms with Gasteiger partial charge in [-0.05, 0) is 24.8 Å².